The molecule has 1 aliphatic rings. The number of likely N-dealkylation sites (N-methyl/N-ethyl adjacent to an activating group) is 1. The quantitative estimate of drug-likeness (QED) is 0.431. The average molecular weight is 394 g/mol. The van der Waals surface area contributed by atoms with Crippen LogP contribution in [-0.4, -0.2) is 47.9 Å². The number of ketones is 1. The highest BCUT2D eigenvalue weighted by Crippen LogP contribution is 2.38. The maximum Gasteiger partial charge on any atom is 0.295 e. The van der Waals surface area contributed by atoms with Crippen LogP contribution in [0.4, 0.5) is 0 Å². The van der Waals surface area contributed by atoms with Crippen LogP contribution in [-0.2, 0) is 9.59 Å². The van der Waals surface area contributed by atoms with E-state index in [2.05, 4.69) is 13.8 Å². The molecule has 1 amide bonds. The van der Waals surface area contributed by atoms with E-state index >= 15 is 0 Å². The Bertz CT molecular complexity index is 899. The number of hydrogen-bond donors (Lipinski definition) is 2. The van der Waals surface area contributed by atoms with E-state index in [0.717, 1.165) is 30.8 Å². The predicted molar refractivity (Wildman–Crippen MR) is 114 cm³/mol. The van der Waals surface area contributed by atoms with Crippen LogP contribution in [0.25, 0.3) is 5.76 Å². The first-order valence-electron chi connectivity index (χ1n) is 10.2. The Morgan fingerprint density at radius 1 is 1.00 bits per heavy atom. The minimum atomic E-state index is -0.619. The van der Waals surface area contributed by atoms with Crippen molar-refractivity contribution >= 4 is 17.4 Å². The SMILES string of the molecule is CC[NH+](CC)CCN1C(=O)C(=O)C(=C(O)c2ccc(C)cc2)[C@H]1c1ccccc1. The molecule has 5 nitrogen and oxygen atoms in total. The summed E-state index contributed by atoms with van der Waals surface area (Å²) in [7, 11) is 0. The van der Waals surface area contributed by atoms with Gasteiger partial charge in [-0.2, -0.15) is 0 Å². The van der Waals surface area contributed by atoms with E-state index in [9.17, 15) is 14.7 Å². The monoisotopic (exact) mass is 393 g/mol. The summed E-state index contributed by atoms with van der Waals surface area (Å²) in [5.41, 5.74) is 2.60. The number of carbonyl (C=O) groups excluding carboxylic acids is 2. The molecular weight excluding hydrogens is 364 g/mol. The second-order valence-electron chi connectivity index (χ2n) is 7.48. The van der Waals surface area contributed by atoms with Crippen molar-refractivity contribution < 1.29 is 19.6 Å². The molecule has 1 atom stereocenters. The zero-order valence-corrected chi connectivity index (χ0v) is 17.3. The summed E-state index contributed by atoms with van der Waals surface area (Å²) in [5, 5.41) is 11.0. The van der Waals surface area contributed by atoms with Crippen LogP contribution in [0.1, 0.15) is 36.6 Å². The summed E-state index contributed by atoms with van der Waals surface area (Å²) in [6.07, 6.45) is 0. The van der Waals surface area contributed by atoms with Gasteiger partial charge in [0.1, 0.15) is 5.76 Å². The van der Waals surface area contributed by atoms with Gasteiger partial charge in [0.2, 0.25) is 0 Å². The molecule has 2 aromatic carbocycles. The van der Waals surface area contributed by atoms with Gasteiger partial charge in [-0.1, -0.05) is 60.2 Å². The van der Waals surface area contributed by atoms with Crippen molar-refractivity contribution in [2.75, 3.05) is 26.2 Å². The van der Waals surface area contributed by atoms with Crippen molar-refractivity contribution in [2.24, 2.45) is 0 Å². The normalized spacial score (nSPS) is 18.6. The minimum Gasteiger partial charge on any atom is -0.507 e. The Morgan fingerprint density at radius 3 is 2.21 bits per heavy atom. The first-order valence-corrected chi connectivity index (χ1v) is 10.2. The van der Waals surface area contributed by atoms with E-state index in [0.29, 0.717) is 12.1 Å². The number of likely N-dealkylation sites (tertiary alicyclic amines) is 1. The third-order valence-corrected chi connectivity index (χ3v) is 5.69. The fourth-order valence-electron chi connectivity index (χ4n) is 3.84. The molecule has 0 aromatic heterocycles. The first kappa shape index (κ1) is 20.8. The molecule has 0 radical (unpaired) electrons. The highest BCUT2D eigenvalue weighted by molar-refractivity contribution is 6.46. The number of quaternary nitrogens is 1. The predicted octanol–water partition coefficient (Wildman–Crippen LogP) is 2.34. The van der Waals surface area contributed by atoms with Crippen LogP contribution in [0.3, 0.4) is 0 Å². The molecule has 2 aromatic rings. The van der Waals surface area contributed by atoms with Gasteiger partial charge in [-0.3, -0.25) is 9.59 Å². The van der Waals surface area contributed by atoms with Gasteiger partial charge in [0, 0.05) is 5.56 Å². The molecule has 152 valence electrons. The van der Waals surface area contributed by atoms with Crippen LogP contribution in [0.15, 0.2) is 60.2 Å². The molecule has 0 bridgehead atoms. The lowest BCUT2D eigenvalue weighted by atomic mass is 9.95. The molecule has 1 saturated heterocycles. The maximum absolute atomic E-state index is 12.9. The zero-order chi connectivity index (χ0) is 21.0. The van der Waals surface area contributed by atoms with Crippen LogP contribution in [0, 0.1) is 6.92 Å². The van der Waals surface area contributed by atoms with E-state index in [1.165, 1.54) is 4.90 Å². The van der Waals surface area contributed by atoms with Gasteiger partial charge >= 0.3 is 0 Å². The summed E-state index contributed by atoms with van der Waals surface area (Å²) >= 11 is 0. The zero-order valence-electron chi connectivity index (χ0n) is 17.3. The van der Waals surface area contributed by atoms with Gasteiger partial charge in [-0.05, 0) is 26.3 Å². The van der Waals surface area contributed by atoms with Crippen molar-refractivity contribution in [2.45, 2.75) is 26.8 Å². The van der Waals surface area contributed by atoms with E-state index in [1.54, 1.807) is 17.0 Å². The fraction of sp³-hybridized carbons (Fsp3) is 0.333. The number of benzene rings is 2. The standard InChI is InChI=1S/C24H28N2O3/c1-4-25(5-2)15-16-26-21(18-9-7-6-8-10-18)20(23(28)24(26)29)22(27)19-13-11-17(3)12-14-19/h6-14,21,27H,4-5,15-16H2,1-3H3/p+1/t21-/m1/s1. The minimum absolute atomic E-state index is 0.116. The molecule has 0 aliphatic carbocycles. The number of aliphatic hydroxyl groups excluding tert-OH is 1. The Kier molecular flexibility index (Phi) is 6.49. The largest absolute Gasteiger partial charge is 0.507 e. The number of amides is 1. The van der Waals surface area contributed by atoms with E-state index in [1.807, 2.05) is 49.4 Å². The molecule has 1 aliphatic heterocycles. The molecular formula is C24H29N2O3+. The third-order valence-electron chi connectivity index (χ3n) is 5.69. The number of aryl methyl sites for hydroxylation is 1. The summed E-state index contributed by atoms with van der Waals surface area (Å²) in [5.74, 6) is -1.28. The third kappa shape index (κ3) is 4.25. The Morgan fingerprint density at radius 2 is 1.62 bits per heavy atom. The first-order chi connectivity index (χ1) is 14.0. The number of Topliss-reactive ketones (excluding diaryl/α,β-unsaturated/α-hetero) is 1. The lowest BCUT2D eigenvalue weighted by Gasteiger charge is -2.26. The number of nitrogens with one attached hydrogen (secondary N) is 1. The molecule has 1 heterocycles. The second kappa shape index (κ2) is 9.05. The molecule has 29 heavy (non-hydrogen) atoms. The van der Waals surface area contributed by atoms with Crippen molar-refractivity contribution in [3.63, 3.8) is 0 Å². The maximum atomic E-state index is 12.9. The van der Waals surface area contributed by atoms with Crippen molar-refractivity contribution in [3.8, 4) is 0 Å². The topological polar surface area (TPSA) is 62.0 Å². The van der Waals surface area contributed by atoms with Crippen LogP contribution in [0.2, 0.25) is 0 Å². The summed E-state index contributed by atoms with van der Waals surface area (Å²) < 4.78 is 0. The van der Waals surface area contributed by atoms with Gasteiger partial charge < -0.3 is 14.9 Å². The van der Waals surface area contributed by atoms with Gasteiger partial charge in [-0.25, -0.2) is 0 Å². The number of rotatable bonds is 7. The van der Waals surface area contributed by atoms with E-state index in [4.69, 9.17) is 0 Å². The highest BCUT2D eigenvalue weighted by atomic mass is 16.3. The number of hydrogen-bond acceptors (Lipinski definition) is 3. The smallest absolute Gasteiger partial charge is 0.295 e. The number of carbonyl (C=O) groups is 2. The Labute approximate surface area is 172 Å². The molecule has 1 fully saturated rings. The van der Waals surface area contributed by atoms with Crippen LogP contribution in [0.5, 0.6) is 0 Å². The van der Waals surface area contributed by atoms with Gasteiger partial charge in [0.15, 0.2) is 0 Å². The number of aliphatic hydroxyl groups is 1. The van der Waals surface area contributed by atoms with Crippen molar-refractivity contribution in [1.82, 2.24) is 4.90 Å². The Balaban J connectivity index is 2.06. The van der Waals surface area contributed by atoms with E-state index < -0.39 is 17.7 Å². The molecule has 0 unspecified atom stereocenters. The number of nitrogens with zero attached hydrogens (tertiary/aromatic N) is 1. The molecule has 3 rings (SSSR count). The highest BCUT2D eigenvalue weighted by Gasteiger charge is 2.46. The van der Waals surface area contributed by atoms with Crippen molar-refractivity contribution in [3.05, 3.63) is 76.9 Å². The molecule has 0 saturated carbocycles. The van der Waals surface area contributed by atoms with E-state index in [-0.39, 0.29) is 11.3 Å². The summed E-state index contributed by atoms with van der Waals surface area (Å²) in [6.45, 7) is 9.32. The summed E-state index contributed by atoms with van der Waals surface area (Å²) in [4.78, 5) is 28.8. The molecule has 2 N–H and O–H groups in total. The lowest BCUT2D eigenvalue weighted by Crippen LogP contribution is -3.12. The fourth-order valence-corrected chi connectivity index (χ4v) is 3.84. The van der Waals surface area contributed by atoms with Crippen LogP contribution >= 0.6 is 0 Å². The molecule has 5 heteroatoms. The second-order valence-corrected chi connectivity index (χ2v) is 7.48. The van der Waals surface area contributed by atoms with Gasteiger partial charge in [-0.15, -0.1) is 0 Å². The summed E-state index contributed by atoms with van der Waals surface area (Å²) in [6, 6.07) is 16.2. The molecule has 0 spiro atoms. The average Bonchev–Trinajstić information content (AvgIpc) is 3.00. The van der Waals surface area contributed by atoms with Gasteiger partial charge in [0.25, 0.3) is 11.7 Å². The van der Waals surface area contributed by atoms with Crippen LogP contribution < -0.4 is 4.90 Å². The Hall–Kier alpha value is -2.92. The van der Waals surface area contributed by atoms with Gasteiger partial charge in [0.05, 0.1) is 37.8 Å². The lowest BCUT2D eigenvalue weighted by molar-refractivity contribution is -0.895. The van der Waals surface area contributed by atoms with Crippen molar-refractivity contribution in [1.29, 1.82) is 0 Å².